The average molecular weight is 466 g/mol. The van der Waals surface area contributed by atoms with Crippen LogP contribution in [0.25, 0.3) is 0 Å². The third kappa shape index (κ3) is 5.83. The van der Waals surface area contributed by atoms with Crippen LogP contribution in [-0.4, -0.2) is 44.8 Å². The van der Waals surface area contributed by atoms with Crippen molar-refractivity contribution >= 4 is 33.3 Å². The highest BCUT2D eigenvalue weighted by molar-refractivity contribution is 7.89. The molecule has 0 radical (unpaired) electrons. The van der Waals surface area contributed by atoms with Crippen molar-refractivity contribution in [1.82, 2.24) is 10.4 Å². The quantitative estimate of drug-likeness (QED) is 0.362. The maximum absolute atomic E-state index is 12.2. The highest BCUT2D eigenvalue weighted by atomic mass is 32.2. The number of sulfone groups is 1. The zero-order valence-electron chi connectivity index (χ0n) is 16.6. The molecule has 0 saturated heterocycles. The Morgan fingerprint density at radius 2 is 2.13 bits per heavy atom. The first-order valence-electron chi connectivity index (χ1n) is 8.77. The molecule has 3 aromatic rings. The average Bonchev–Trinajstić information content (AvgIpc) is 3.38. The van der Waals surface area contributed by atoms with Crippen molar-refractivity contribution in [3.8, 4) is 17.2 Å². The number of nitrogens with one attached hydrogen (secondary N) is 1. The largest absolute Gasteiger partial charge is 0.504 e. The Bertz CT molecular complexity index is 1190. The lowest BCUT2D eigenvalue weighted by Crippen LogP contribution is -2.18. The first kappa shape index (κ1) is 22.3. The fraction of sp³-hybridized carbons (Fsp3) is 0.211. The number of phenols is 1. The molecule has 31 heavy (non-hydrogen) atoms. The Labute approximate surface area is 182 Å². The van der Waals surface area contributed by atoms with Gasteiger partial charge in [-0.2, -0.15) is 5.10 Å². The van der Waals surface area contributed by atoms with Crippen LogP contribution in [0.1, 0.15) is 26.8 Å². The number of hydrogen-bond donors (Lipinski definition) is 2. The highest BCUT2D eigenvalue weighted by Crippen LogP contribution is 2.36. The Kier molecular flexibility index (Phi) is 6.92. The summed E-state index contributed by atoms with van der Waals surface area (Å²) in [5.41, 5.74) is 2.80. The van der Waals surface area contributed by atoms with Gasteiger partial charge in [0.2, 0.25) is 5.75 Å². The minimum Gasteiger partial charge on any atom is -0.504 e. The third-order valence-electron chi connectivity index (χ3n) is 3.93. The molecule has 2 aromatic heterocycles. The number of ether oxygens (including phenoxy) is 2. The van der Waals surface area contributed by atoms with Gasteiger partial charge in [-0.3, -0.25) is 4.79 Å². The predicted octanol–water partition coefficient (Wildman–Crippen LogP) is 2.34. The van der Waals surface area contributed by atoms with E-state index in [1.54, 1.807) is 18.2 Å². The fourth-order valence-electron chi connectivity index (χ4n) is 2.59. The van der Waals surface area contributed by atoms with Crippen LogP contribution in [0, 0.1) is 0 Å². The number of benzene rings is 1. The zero-order chi connectivity index (χ0) is 22.4. The lowest BCUT2D eigenvalue weighted by atomic mass is 10.2. The van der Waals surface area contributed by atoms with Crippen molar-refractivity contribution in [2.45, 2.75) is 11.5 Å². The number of hydrazone groups is 1. The van der Waals surface area contributed by atoms with Gasteiger partial charge in [-0.1, -0.05) is 0 Å². The summed E-state index contributed by atoms with van der Waals surface area (Å²) in [6.07, 6.45) is 2.71. The van der Waals surface area contributed by atoms with Crippen molar-refractivity contribution in [2.24, 2.45) is 5.10 Å². The summed E-state index contributed by atoms with van der Waals surface area (Å²) in [6, 6.07) is 6.15. The van der Waals surface area contributed by atoms with E-state index in [1.165, 1.54) is 38.1 Å². The number of amides is 1. The second kappa shape index (κ2) is 9.62. The maximum Gasteiger partial charge on any atom is 0.290 e. The minimum atomic E-state index is -3.49. The van der Waals surface area contributed by atoms with Gasteiger partial charge in [0.25, 0.3) is 5.91 Å². The van der Waals surface area contributed by atoms with Crippen LogP contribution >= 0.6 is 11.3 Å². The number of carbonyl (C=O) groups excluding carboxylic acids is 1. The van der Waals surface area contributed by atoms with Gasteiger partial charge in [0.1, 0.15) is 28.0 Å². The number of furan rings is 1. The molecular formula is C19H19N3O7S2. The van der Waals surface area contributed by atoms with Crippen LogP contribution in [0.5, 0.6) is 17.2 Å². The molecule has 2 heterocycles. The second-order valence-corrected chi connectivity index (χ2v) is 9.22. The van der Waals surface area contributed by atoms with Crippen LogP contribution in [-0.2, 0) is 21.3 Å². The number of methoxy groups -OCH3 is 2. The van der Waals surface area contributed by atoms with E-state index in [0.29, 0.717) is 17.1 Å². The minimum absolute atomic E-state index is 0.0421. The summed E-state index contributed by atoms with van der Waals surface area (Å²) >= 11 is 1.06. The van der Waals surface area contributed by atoms with Crippen LogP contribution < -0.4 is 14.9 Å². The summed E-state index contributed by atoms with van der Waals surface area (Å²) in [6.45, 7) is 0. The molecule has 0 atom stereocenters. The van der Waals surface area contributed by atoms with Crippen LogP contribution in [0.15, 0.2) is 45.4 Å². The van der Waals surface area contributed by atoms with Gasteiger partial charge in [-0.25, -0.2) is 18.8 Å². The molecule has 3 rings (SSSR count). The Morgan fingerprint density at radius 3 is 2.81 bits per heavy atom. The molecule has 1 aromatic carbocycles. The Balaban J connectivity index is 1.62. The molecule has 0 aliphatic carbocycles. The number of aromatic nitrogens is 1. The summed E-state index contributed by atoms with van der Waals surface area (Å²) in [5.74, 6) is -0.481. The molecule has 0 aliphatic rings. The molecular weight excluding hydrogens is 446 g/mol. The summed E-state index contributed by atoms with van der Waals surface area (Å²) in [4.78, 5) is 16.3. The first-order valence-corrected chi connectivity index (χ1v) is 11.5. The molecule has 0 saturated carbocycles. The van der Waals surface area contributed by atoms with Crippen molar-refractivity contribution in [2.75, 3.05) is 14.2 Å². The van der Waals surface area contributed by atoms with E-state index >= 15 is 0 Å². The van der Waals surface area contributed by atoms with Gasteiger partial charge in [0, 0.05) is 10.9 Å². The van der Waals surface area contributed by atoms with E-state index in [0.717, 1.165) is 11.3 Å². The van der Waals surface area contributed by atoms with Crippen LogP contribution in [0.4, 0.5) is 0 Å². The topological polar surface area (TPSA) is 140 Å². The maximum atomic E-state index is 12.2. The van der Waals surface area contributed by atoms with E-state index in [2.05, 4.69) is 15.5 Å². The molecule has 2 N–H and O–H groups in total. The van der Waals surface area contributed by atoms with E-state index in [1.807, 2.05) is 0 Å². The molecule has 164 valence electrons. The summed E-state index contributed by atoms with van der Waals surface area (Å²) in [5, 5.41) is 15.5. The zero-order valence-corrected chi connectivity index (χ0v) is 18.2. The van der Waals surface area contributed by atoms with Crippen molar-refractivity contribution in [3.05, 3.63) is 57.9 Å². The monoisotopic (exact) mass is 465 g/mol. The molecule has 0 spiro atoms. The number of thiazole rings is 1. The lowest BCUT2D eigenvalue weighted by Gasteiger charge is -2.09. The Morgan fingerprint density at radius 1 is 1.32 bits per heavy atom. The normalized spacial score (nSPS) is 11.5. The third-order valence-corrected chi connectivity index (χ3v) is 6.40. The number of aromatic hydroxyl groups is 1. The second-order valence-electron chi connectivity index (χ2n) is 6.21. The van der Waals surface area contributed by atoms with Gasteiger partial charge in [-0.15, -0.1) is 11.3 Å². The fourth-order valence-corrected chi connectivity index (χ4v) is 5.10. The van der Waals surface area contributed by atoms with Crippen molar-refractivity contribution < 1.29 is 32.2 Å². The molecule has 10 nitrogen and oxygen atoms in total. The summed E-state index contributed by atoms with van der Waals surface area (Å²) < 4.78 is 39.7. The molecule has 0 unspecified atom stereocenters. The van der Waals surface area contributed by atoms with E-state index in [9.17, 15) is 18.3 Å². The predicted molar refractivity (Wildman–Crippen MR) is 113 cm³/mol. The van der Waals surface area contributed by atoms with E-state index < -0.39 is 15.7 Å². The molecule has 0 bridgehead atoms. The highest BCUT2D eigenvalue weighted by Gasteiger charge is 2.19. The van der Waals surface area contributed by atoms with Gasteiger partial charge in [0.15, 0.2) is 21.3 Å². The number of hydrogen-bond acceptors (Lipinski definition) is 10. The van der Waals surface area contributed by atoms with Gasteiger partial charge in [0.05, 0.1) is 26.7 Å². The number of carbonyl (C=O) groups is 1. The number of nitrogens with zero attached hydrogens (tertiary/aromatic N) is 2. The van der Waals surface area contributed by atoms with Crippen molar-refractivity contribution in [3.63, 3.8) is 0 Å². The van der Waals surface area contributed by atoms with E-state index in [-0.39, 0.29) is 33.7 Å². The molecule has 0 fully saturated rings. The van der Waals surface area contributed by atoms with E-state index in [4.69, 9.17) is 13.9 Å². The molecule has 12 heteroatoms. The molecule has 0 aliphatic heterocycles. The smallest absolute Gasteiger partial charge is 0.290 e. The van der Waals surface area contributed by atoms with Gasteiger partial charge in [-0.05, 0) is 24.3 Å². The SMILES string of the molecule is COc1cc(C=NNC(=O)c2csc(CS(=O)(=O)Cc3ccco3)n2)cc(O)c1OC. The van der Waals surface area contributed by atoms with Crippen molar-refractivity contribution in [1.29, 1.82) is 0 Å². The lowest BCUT2D eigenvalue weighted by molar-refractivity contribution is 0.0950. The first-order chi connectivity index (χ1) is 14.8. The van der Waals surface area contributed by atoms with Crippen LogP contribution in [0.2, 0.25) is 0 Å². The summed E-state index contributed by atoms with van der Waals surface area (Å²) in [7, 11) is -0.668. The van der Waals surface area contributed by atoms with Crippen LogP contribution in [0.3, 0.4) is 0 Å². The number of rotatable bonds is 9. The van der Waals surface area contributed by atoms with Gasteiger partial charge < -0.3 is 19.0 Å². The standard InChI is InChI=1S/C19H19N3O7S2/c1-27-16-7-12(6-15(23)18(16)28-2)8-20-22-19(24)14-9-30-17(21-14)11-31(25,26)10-13-4-3-5-29-13/h3-9,23H,10-11H2,1-2H3,(H,22,24). The number of phenolic OH excluding ortho intramolecular Hbond substituents is 1. The van der Waals surface area contributed by atoms with Gasteiger partial charge >= 0.3 is 0 Å². The Hall–Kier alpha value is -3.38. The molecule has 1 amide bonds.